The van der Waals surface area contributed by atoms with Crippen LogP contribution in [0.3, 0.4) is 0 Å². The van der Waals surface area contributed by atoms with E-state index in [1.165, 1.54) is 6.92 Å². The molecule has 0 unspecified atom stereocenters. The van der Waals surface area contributed by atoms with Gasteiger partial charge < -0.3 is 18.9 Å². The number of hydrogen-bond donors (Lipinski definition) is 0. The summed E-state index contributed by atoms with van der Waals surface area (Å²) in [6.07, 6.45) is 0.786. The maximum absolute atomic E-state index is 10.5. The second-order valence-corrected chi connectivity index (χ2v) is 4.10. The molecule has 6 nitrogen and oxygen atoms in total. The van der Waals surface area contributed by atoms with E-state index in [-0.39, 0.29) is 12.6 Å². The lowest BCUT2D eigenvalue weighted by Crippen LogP contribution is -2.13. The summed E-state index contributed by atoms with van der Waals surface area (Å²) in [7, 11) is 0. The second-order valence-electron chi connectivity index (χ2n) is 4.10. The maximum Gasteiger partial charge on any atom is 0.302 e. The molecule has 0 aliphatic heterocycles. The van der Waals surface area contributed by atoms with E-state index in [2.05, 4.69) is 0 Å². The molecule has 1 aromatic carbocycles. The Labute approximate surface area is 123 Å². The number of aldehydes is 1. The Balaban J connectivity index is 1.92. The minimum Gasteiger partial charge on any atom is -0.491 e. The summed E-state index contributed by atoms with van der Waals surface area (Å²) in [5.41, 5.74) is 0.615. The molecule has 0 heterocycles. The molecule has 116 valence electrons. The number of esters is 1. The molecule has 0 N–H and O–H groups in total. The van der Waals surface area contributed by atoms with Gasteiger partial charge in [0.15, 0.2) is 0 Å². The summed E-state index contributed by atoms with van der Waals surface area (Å²) in [6.45, 7) is 3.74. The quantitative estimate of drug-likeness (QED) is 0.350. The van der Waals surface area contributed by atoms with E-state index in [9.17, 15) is 9.59 Å². The zero-order valence-corrected chi connectivity index (χ0v) is 12.1. The second kappa shape index (κ2) is 10.8. The summed E-state index contributed by atoms with van der Waals surface area (Å²) >= 11 is 0. The van der Waals surface area contributed by atoms with Crippen molar-refractivity contribution in [2.24, 2.45) is 0 Å². The highest BCUT2D eigenvalue weighted by Gasteiger charge is 1.96. The first kappa shape index (κ1) is 17.1. The molecule has 0 amide bonds. The average molecular weight is 296 g/mol. The van der Waals surface area contributed by atoms with E-state index in [1.54, 1.807) is 24.3 Å². The summed E-state index contributed by atoms with van der Waals surface area (Å²) < 4.78 is 20.7. The zero-order chi connectivity index (χ0) is 15.3. The van der Waals surface area contributed by atoms with E-state index in [1.807, 2.05) is 0 Å². The molecule has 0 saturated heterocycles. The molecule has 0 aliphatic rings. The summed E-state index contributed by atoms with van der Waals surface area (Å²) in [4.78, 5) is 21.0. The molecule has 1 rings (SSSR count). The third kappa shape index (κ3) is 8.78. The number of carbonyl (C=O) groups excluding carboxylic acids is 2. The molecule has 21 heavy (non-hydrogen) atoms. The first-order valence-corrected chi connectivity index (χ1v) is 6.69. The van der Waals surface area contributed by atoms with Crippen molar-refractivity contribution >= 4 is 12.3 Å². The van der Waals surface area contributed by atoms with E-state index in [4.69, 9.17) is 18.9 Å². The van der Waals surface area contributed by atoms with E-state index < -0.39 is 0 Å². The maximum atomic E-state index is 10.5. The van der Waals surface area contributed by atoms with Gasteiger partial charge in [0.05, 0.1) is 26.4 Å². The molecular formula is C15H20O6. The van der Waals surface area contributed by atoms with Crippen LogP contribution in [0.5, 0.6) is 5.75 Å². The van der Waals surface area contributed by atoms with Crippen LogP contribution in [0.25, 0.3) is 0 Å². The Hall–Kier alpha value is -1.92. The van der Waals surface area contributed by atoms with Gasteiger partial charge in [-0.25, -0.2) is 0 Å². The zero-order valence-electron chi connectivity index (χ0n) is 12.1. The highest BCUT2D eigenvalue weighted by Crippen LogP contribution is 2.10. The SMILES string of the molecule is CC(=O)OCCOCCOCCOc1ccc(C=O)cc1. The van der Waals surface area contributed by atoms with Crippen LogP contribution in [0, 0.1) is 0 Å². The molecule has 0 radical (unpaired) electrons. The largest absolute Gasteiger partial charge is 0.491 e. The number of rotatable bonds is 11. The van der Waals surface area contributed by atoms with Crippen molar-refractivity contribution in [1.29, 1.82) is 0 Å². The Bertz CT molecular complexity index is 415. The van der Waals surface area contributed by atoms with Gasteiger partial charge in [-0.05, 0) is 24.3 Å². The van der Waals surface area contributed by atoms with Gasteiger partial charge in [-0.1, -0.05) is 0 Å². The lowest BCUT2D eigenvalue weighted by atomic mass is 10.2. The molecule has 0 atom stereocenters. The minimum absolute atomic E-state index is 0.259. The van der Waals surface area contributed by atoms with Crippen molar-refractivity contribution in [3.63, 3.8) is 0 Å². The first-order valence-electron chi connectivity index (χ1n) is 6.69. The fourth-order valence-electron chi connectivity index (χ4n) is 1.43. The van der Waals surface area contributed by atoms with Crippen molar-refractivity contribution in [3.05, 3.63) is 29.8 Å². The average Bonchev–Trinajstić information content (AvgIpc) is 2.49. The minimum atomic E-state index is -0.312. The molecule has 0 bridgehead atoms. The van der Waals surface area contributed by atoms with Crippen molar-refractivity contribution in [2.75, 3.05) is 39.6 Å². The topological polar surface area (TPSA) is 71.1 Å². The van der Waals surface area contributed by atoms with Crippen molar-refractivity contribution in [2.45, 2.75) is 6.92 Å². The van der Waals surface area contributed by atoms with Gasteiger partial charge in [0, 0.05) is 12.5 Å². The van der Waals surface area contributed by atoms with Crippen LogP contribution >= 0.6 is 0 Å². The van der Waals surface area contributed by atoms with Crippen LogP contribution in [0.15, 0.2) is 24.3 Å². The Kier molecular flexibility index (Phi) is 8.83. The standard InChI is InChI=1S/C15H20O6/c1-13(17)20-10-8-18-6-7-19-9-11-21-15-4-2-14(12-16)3-5-15/h2-5,12H,6-11H2,1H3. The lowest BCUT2D eigenvalue weighted by Gasteiger charge is -2.08. The van der Waals surface area contributed by atoms with Crippen LogP contribution in [-0.4, -0.2) is 51.9 Å². The summed E-state index contributed by atoms with van der Waals surface area (Å²) in [5, 5.41) is 0. The molecule has 0 fully saturated rings. The van der Waals surface area contributed by atoms with Crippen LogP contribution in [0.2, 0.25) is 0 Å². The Morgan fingerprint density at radius 3 is 2.10 bits per heavy atom. The lowest BCUT2D eigenvalue weighted by molar-refractivity contribution is -0.142. The highest BCUT2D eigenvalue weighted by atomic mass is 16.6. The fraction of sp³-hybridized carbons (Fsp3) is 0.467. The molecule has 0 aromatic heterocycles. The normalized spacial score (nSPS) is 10.1. The predicted octanol–water partition coefficient (Wildman–Crippen LogP) is 1.47. The van der Waals surface area contributed by atoms with E-state index in [0.717, 1.165) is 6.29 Å². The molecule has 1 aromatic rings. The third-order valence-corrected chi connectivity index (χ3v) is 2.42. The van der Waals surface area contributed by atoms with Gasteiger partial charge in [-0.15, -0.1) is 0 Å². The Morgan fingerprint density at radius 2 is 1.52 bits per heavy atom. The molecule has 0 saturated carbocycles. The predicted molar refractivity (Wildman–Crippen MR) is 75.6 cm³/mol. The number of hydrogen-bond acceptors (Lipinski definition) is 6. The summed E-state index contributed by atoms with van der Waals surface area (Å²) in [5.74, 6) is 0.384. The van der Waals surface area contributed by atoms with Crippen LogP contribution in [-0.2, 0) is 19.0 Å². The van der Waals surface area contributed by atoms with Crippen molar-refractivity contribution in [3.8, 4) is 5.75 Å². The first-order chi connectivity index (χ1) is 10.2. The van der Waals surface area contributed by atoms with Gasteiger partial charge in [0.2, 0.25) is 0 Å². The molecular weight excluding hydrogens is 276 g/mol. The van der Waals surface area contributed by atoms with Gasteiger partial charge in [0.25, 0.3) is 0 Å². The van der Waals surface area contributed by atoms with Gasteiger partial charge in [-0.3, -0.25) is 9.59 Å². The number of benzene rings is 1. The number of ether oxygens (including phenoxy) is 4. The van der Waals surface area contributed by atoms with Crippen LogP contribution in [0.1, 0.15) is 17.3 Å². The number of carbonyl (C=O) groups is 2. The smallest absolute Gasteiger partial charge is 0.302 e. The van der Waals surface area contributed by atoms with Crippen molar-refractivity contribution < 1.29 is 28.5 Å². The molecule has 6 heteroatoms. The van der Waals surface area contributed by atoms with Gasteiger partial charge in [-0.2, -0.15) is 0 Å². The van der Waals surface area contributed by atoms with E-state index in [0.29, 0.717) is 44.3 Å². The van der Waals surface area contributed by atoms with Crippen LogP contribution < -0.4 is 4.74 Å². The van der Waals surface area contributed by atoms with Crippen molar-refractivity contribution in [1.82, 2.24) is 0 Å². The Morgan fingerprint density at radius 1 is 0.952 bits per heavy atom. The third-order valence-electron chi connectivity index (χ3n) is 2.42. The van der Waals surface area contributed by atoms with Gasteiger partial charge >= 0.3 is 5.97 Å². The highest BCUT2D eigenvalue weighted by molar-refractivity contribution is 5.74. The van der Waals surface area contributed by atoms with E-state index >= 15 is 0 Å². The molecule has 0 spiro atoms. The van der Waals surface area contributed by atoms with Gasteiger partial charge in [0.1, 0.15) is 25.2 Å². The molecule has 0 aliphatic carbocycles. The summed E-state index contributed by atoms with van der Waals surface area (Å²) in [6, 6.07) is 6.87. The van der Waals surface area contributed by atoms with Crippen LogP contribution in [0.4, 0.5) is 0 Å². The monoisotopic (exact) mass is 296 g/mol. The fourth-order valence-corrected chi connectivity index (χ4v) is 1.43.